The molecule has 0 spiro atoms. The number of amides is 2. The molecular weight excluding hydrogens is 236 g/mol. The zero-order valence-corrected chi connectivity index (χ0v) is 11.1. The average molecular weight is 256 g/mol. The minimum Gasteiger partial charge on any atom is -0.444 e. The fourth-order valence-corrected chi connectivity index (χ4v) is 2.07. The van der Waals surface area contributed by atoms with Crippen LogP contribution < -0.4 is 5.32 Å². The summed E-state index contributed by atoms with van der Waals surface area (Å²) in [4.78, 5) is 24.5. The number of nitrogens with one attached hydrogen (secondary N) is 1. The quantitative estimate of drug-likeness (QED) is 0.736. The predicted octanol–water partition coefficient (Wildman–Crippen LogP) is 0.368. The molecule has 0 aliphatic carbocycles. The molecule has 1 atom stereocenters. The molecule has 6 nitrogen and oxygen atoms in total. The fourth-order valence-electron chi connectivity index (χ4n) is 2.07. The largest absolute Gasteiger partial charge is 0.444 e. The van der Waals surface area contributed by atoms with Crippen LogP contribution in [0.15, 0.2) is 0 Å². The van der Waals surface area contributed by atoms with E-state index in [4.69, 9.17) is 9.47 Å². The molecule has 0 bridgehead atoms. The van der Waals surface area contributed by atoms with E-state index in [0.717, 1.165) is 0 Å². The number of rotatable bonds is 1. The molecule has 2 rings (SSSR count). The van der Waals surface area contributed by atoms with E-state index < -0.39 is 5.60 Å². The molecular formula is C12H20N2O4. The van der Waals surface area contributed by atoms with Crippen LogP contribution in [0.1, 0.15) is 20.8 Å². The van der Waals surface area contributed by atoms with Gasteiger partial charge in [-0.2, -0.15) is 0 Å². The first kappa shape index (κ1) is 13.1. The molecule has 6 heteroatoms. The normalized spacial score (nSPS) is 25.4. The first-order valence-corrected chi connectivity index (χ1v) is 6.20. The predicted molar refractivity (Wildman–Crippen MR) is 64.0 cm³/mol. The molecule has 0 radical (unpaired) electrons. The second-order valence-corrected chi connectivity index (χ2v) is 5.83. The standard InChI is InChI=1S/C12H20N2O4/c1-12(2,3)18-11(16)14-4-8(5-14)9-6-17-7-10(15)13-9/h8-9H,4-7H2,1-3H3,(H,13,15). The molecule has 2 aliphatic heterocycles. The molecule has 2 amide bonds. The van der Waals surface area contributed by atoms with E-state index >= 15 is 0 Å². The third-order valence-corrected chi connectivity index (χ3v) is 3.01. The maximum atomic E-state index is 11.7. The van der Waals surface area contributed by atoms with Crippen molar-refractivity contribution in [2.75, 3.05) is 26.3 Å². The Kier molecular flexibility index (Phi) is 3.47. The molecule has 1 unspecified atom stereocenters. The van der Waals surface area contributed by atoms with Crippen molar-refractivity contribution in [3.63, 3.8) is 0 Å². The Labute approximate surface area is 107 Å². The first-order valence-electron chi connectivity index (χ1n) is 6.20. The molecule has 2 aliphatic rings. The van der Waals surface area contributed by atoms with Gasteiger partial charge in [0.25, 0.3) is 0 Å². The van der Waals surface area contributed by atoms with Gasteiger partial charge in [-0.3, -0.25) is 4.79 Å². The van der Waals surface area contributed by atoms with Gasteiger partial charge < -0.3 is 19.7 Å². The zero-order valence-electron chi connectivity index (χ0n) is 11.1. The highest BCUT2D eigenvalue weighted by Gasteiger charge is 2.39. The average Bonchev–Trinajstić information content (AvgIpc) is 2.11. The Hall–Kier alpha value is -1.30. The number of hydrogen-bond donors (Lipinski definition) is 1. The number of morpholine rings is 1. The number of ether oxygens (including phenoxy) is 2. The van der Waals surface area contributed by atoms with Gasteiger partial charge in [0.2, 0.25) is 5.91 Å². The van der Waals surface area contributed by atoms with Crippen LogP contribution in [0.2, 0.25) is 0 Å². The maximum Gasteiger partial charge on any atom is 0.410 e. The van der Waals surface area contributed by atoms with Gasteiger partial charge in [0, 0.05) is 19.0 Å². The molecule has 2 heterocycles. The number of hydrogen-bond acceptors (Lipinski definition) is 4. The minimum atomic E-state index is -0.468. The molecule has 0 saturated carbocycles. The highest BCUT2D eigenvalue weighted by atomic mass is 16.6. The highest BCUT2D eigenvalue weighted by Crippen LogP contribution is 2.23. The van der Waals surface area contributed by atoms with Gasteiger partial charge >= 0.3 is 6.09 Å². The van der Waals surface area contributed by atoms with E-state index in [9.17, 15) is 9.59 Å². The van der Waals surface area contributed by atoms with Crippen molar-refractivity contribution < 1.29 is 19.1 Å². The molecule has 102 valence electrons. The van der Waals surface area contributed by atoms with Gasteiger partial charge in [-0.05, 0) is 20.8 Å². The van der Waals surface area contributed by atoms with Crippen LogP contribution in [-0.2, 0) is 14.3 Å². The van der Waals surface area contributed by atoms with E-state index in [1.165, 1.54) is 0 Å². The molecule has 18 heavy (non-hydrogen) atoms. The van der Waals surface area contributed by atoms with Crippen LogP contribution in [0, 0.1) is 5.92 Å². The summed E-state index contributed by atoms with van der Waals surface area (Å²) in [5.74, 6) is 0.184. The molecule has 0 aromatic heterocycles. The monoisotopic (exact) mass is 256 g/mol. The van der Waals surface area contributed by atoms with E-state index in [-0.39, 0.29) is 30.6 Å². The van der Waals surface area contributed by atoms with Crippen molar-refractivity contribution in [1.82, 2.24) is 10.2 Å². The zero-order chi connectivity index (χ0) is 13.3. The number of nitrogens with zero attached hydrogens (tertiary/aromatic N) is 1. The summed E-state index contributed by atoms with van der Waals surface area (Å²) in [5.41, 5.74) is -0.468. The number of carbonyl (C=O) groups excluding carboxylic acids is 2. The third kappa shape index (κ3) is 3.13. The van der Waals surface area contributed by atoms with Crippen LogP contribution in [0.5, 0.6) is 0 Å². The van der Waals surface area contributed by atoms with Gasteiger partial charge in [-0.25, -0.2) is 4.79 Å². The molecule has 2 fully saturated rings. The van der Waals surface area contributed by atoms with E-state index in [1.807, 2.05) is 20.8 Å². The van der Waals surface area contributed by atoms with Crippen LogP contribution in [0.25, 0.3) is 0 Å². The summed E-state index contributed by atoms with van der Waals surface area (Å²) >= 11 is 0. The van der Waals surface area contributed by atoms with Crippen LogP contribution >= 0.6 is 0 Å². The van der Waals surface area contributed by atoms with Crippen LogP contribution in [0.4, 0.5) is 4.79 Å². The molecule has 0 aromatic carbocycles. The Morgan fingerprint density at radius 1 is 1.44 bits per heavy atom. The van der Waals surface area contributed by atoms with Crippen molar-refractivity contribution in [2.45, 2.75) is 32.4 Å². The SMILES string of the molecule is CC(C)(C)OC(=O)N1CC(C2COCC(=O)N2)C1. The third-order valence-electron chi connectivity index (χ3n) is 3.01. The summed E-state index contributed by atoms with van der Waals surface area (Å²) in [6.45, 7) is 7.43. The summed E-state index contributed by atoms with van der Waals surface area (Å²) in [7, 11) is 0. The summed E-state index contributed by atoms with van der Waals surface area (Å²) in [5, 5.41) is 2.88. The maximum absolute atomic E-state index is 11.7. The number of carbonyl (C=O) groups is 2. The lowest BCUT2D eigenvalue weighted by Crippen LogP contribution is -2.62. The van der Waals surface area contributed by atoms with Crippen molar-refractivity contribution >= 4 is 12.0 Å². The Morgan fingerprint density at radius 3 is 2.67 bits per heavy atom. The lowest BCUT2D eigenvalue weighted by molar-refractivity contribution is -0.133. The van der Waals surface area contributed by atoms with Gasteiger partial charge in [-0.15, -0.1) is 0 Å². The van der Waals surface area contributed by atoms with E-state index in [0.29, 0.717) is 19.7 Å². The topological polar surface area (TPSA) is 67.9 Å². The molecule has 2 saturated heterocycles. The van der Waals surface area contributed by atoms with Crippen molar-refractivity contribution in [1.29, 1.82) is 0 Å². The Morgan fingerprint density at radius 2 is 2.11 bits per heavy atom. The van der Waals surface area contributed by atoms with Gasteiger partial charge in [0.1, 0.15) is 12.2 Å². The molecule has 1 N–H and O–H groups in total. The highest BCUT2D eigenvalue weighted by molar-refractivity contribution is 5.78. The lowest BCUT2D eigenvalue weighted by Gasteiger charge is -2.44. The summed E-state index contributed by atoms with van der Waals surface area (Å²) in [6.07, 6.45) is -0.290. The summed E-state index contributed by atoms with van der Waals surface area (Å²) in [6, 6.07) is 0.0185. The Balaban J connectivity index is 1.76. The lowest BCUT2D eigenvalue weighted by atomic mass is 9.92. The molecule has 0 aromatic rings. The Bertz CT molecular complexity index is 344. The van der Waals surface area contributed by atoms with Gasteiger partial charge in [-0.1, -0.05) is 0 Å². The van der Waals surface area contributed by atoms with E-state index in [2.05, 4.69) is 5.32 Å². The second kappa shape index (κ2) is 4.76. The van der Waals surface area contributed by atoms with Gasteiger partial charge in [0.05, 0.1) is 12.6 Å². The first-order chi connectivity index (χ1) is 8.35. The number of likely N-dealkylation sites (tertiary alicyclic amines) is 1. The summed E-state index contributed by atoms with van der Waals surface area (Å²) < 4.78 is 10.4. The van der Waals surface area contributed by atoms with E-state index in [1.54, 1.807) is 4.90 Å². The van der Waals surface area contributed by atoms with Crippen molar-refractivity contribution in [3.05, 3.63) is 0 Å². The van der Waals surface area contributed by atoms with Crippen LogP contribution in [-0.4, -0.2) is 54.8 Å². The van der Waals surface area contributed by atoms with Gasteiger partial charge in [0.15, 0.2) is 0 Å². The van der Waals surface area contributed by atoms with Crippen molar-refractivity contribution in [3.8, 4) is 0 Å². The van der Waals surface area contributed by atoms with Crippen molar-refractivity contribution in [2.24, 2.45) is 5.92 Å². The van der Waals surface area contributed by atoms with Crippen LogP contribution in [0.3, 0.4) is 0 Å². The minimum absolute atomic E-state index is 0.0185. The fraction of sp³-hybridized carbons (Fsp3) is 0.833. The smallest absolute Gasteiger partial charge is 0.410 e. The second-order valence-electron chi connectivity index (χ2n) is 5.83.